The molecule has 3 heterocycles. The van der Waals surface area contributed by atoms with Gasteiger partial charge in [-0.1, -0.05) is 33.4 Å². The topological polar surface area (TPSA) is 51.5 Å². The predicted octanol–water partition coefficient (Wildman–Crippen LogP) is 8.29. The standard InChI is InChI=1S/C34H36N2O2/c1-7-10-31-27(20-32(37-31)24(5)11-15-35-14-8-2)18-25(6)29-19-28-21-33(26-12-16-36-17-13-26)38-34(28)22-30(29)23(4)9-3/h8,10-23H,6-7,9H2,1-5H3/b14-8-,24-11+,27-18-,31-10+,35-15+. The highest BCUT2D eigenvalue weighted by Gasteiger charge is 2.16. The molecule has 0 N–H and O–H groups in total. The summed E-state index contributed by atoms with van der Waals surface area (Å²) in [5.41, 5.74) is 7.08. The lowest BCUT2D eigenvalue weighted by molar-refractivity contribution is 0.517. The van der Waals surface area contributed by atoms with Crippen LogP contribution in [0, 0.1) is 0 Å². The minimum Gasteiger partial charge on any atom is -0.457 e. The van der Waals surface area contributed by atoms with Crippen LogP contribution in [0.3, 0.4) is 0 Å². The molecule has 3 aromatic heterocycles. The molecule has 0 amide bonds. The third kappa shape index (κ3) is 6.03. The number of benzene rings is 1. The van der Waals surface area contributed by atoms with Crippen molar-refractivity contribution in [3.05, 3.63) is 101 Å². The zero-order valence-electron chi connectivity index (χ0n) is 23.0. The highest BCUT2D eigenvalue weighted by atomic mass is 16.3. The van der Waals surface area contributed by atoms with Gasteiger partial charge >= 0.3 is 0 Å². The number of furan rings is 2. The summed E-state index contributed by atoms with van der Waals surface area (Å²) in [4.78, 5) is 8.35. The first-order valence-electron chi connectivity index (χ1n) is 13.3. The summed E-state index contributed by atoms with van der Waals surface area (Å²) in [6.07, 6.45) is 17.1. The van der Waals surface area contributed by atoms with Gasteiger partial charge in [-0.05, 0) is 110 Å². The van der Waals surface area contributed by atoms with Crippen molar-refractivity contribution in [2.75, 3.05) is 0 Å². The molecule has 4 nitrogen and oxygen atoms in total. The van der Waals surface area contributed by atoms with E-state index >= 15 is 0 Å². The first-order valence-corrected chi connectivity index (χ1v) is 13.3. The van der Waals surface area contributed by atoms with E-state index in [2.05, 4.69) is 73.7 Å². The van der Waals surface area contributed by atoms with Crippen LogP contribution in [0.1, 0.15) is 70.3 Å². The van der Waals surface area contributed by atoms with Gasteiger partial charge in [0.15, 0.2) is 0 Å². The zero-order chi connectivity index (χ0) is 27.1. The van der Waals surface area contributed by atoms with Crippen molar-refractivity contribution in [3.8, 4) is 11.3 Å². The molecular weight excluding hydrogens is 468 g/mol. The molecule has 0 radical (unpaired) electrons. The number of rotatable bonds is 9. The molecule has 38 heavy (non-hydrogen) atoms. The maximum absolute atomic E-state index is 6.26. The Bertz CT molecular complexity index is 1630. The molecule has 0 saturated heterocycles. The molecule has 0 aliphatic heterocycles. The second-order valence-corrected chi connectivity index (χ2v) is 9.48. The Morgan fingerprint density at radius 2 is 1.89 bits per heavy atom. The van der Waals surface area contributed by atoms with E-state index in [-0.39, 0.29) is 0 Å². The van der Waals surface area contributed by atoms with Crippen LogP contribution in [0.5, 0.6) is 0 Å². The summed E-state index contributed by atoms with van der Waals surface area (Å²) in [5, 5.41) is 2.07. The summed E-state index contributed by atoms with van der Waals surface area (Å²) < 4.78 is 12.5. The molecule has 0 fully saturated rings. The summed E-state index contributed by atoms with van der Waals surface area (Å²) in [6.45, 7) is 15.0. The number of fused-ring (bicyclic) bond motifs is 1. The van der Waals surface area contributed by atoms with Crippen LogP contribution in [0.15, 0.2) is 87.5 Å². The number of pyridine rings is 1. The average Bonchev–Trinajstić information content (AvgIpc) is 3.54. The minimum atomic E-state index is 0.359. The zero-order valence-corrected chi connectivity index (χ0v) is 23.0. The monoisotopic (exact) mass is 504 g/mol. The number of allylic oxidation sites excluding steroid dienone is 4. The Kier molecular flexibility index (Phi) is 8.75. The Morgan fingerprint density at radius 3 is 2.61 bits per heavy atom. The SMILES string of the molecule is C=C(/C=c1/cc(/C(C)=C/C=N/C=C\C)o/c1=C/CC)c1cc2cc(-c3ccncc3)oc2cc1C(C)CC. The van der Waals surface area contributed by atoms with Crippen LogP contribution in [0.25, 0.3) is 45.6 Å². The van der Waals surface area contributed by atoms with Crippen LogP contribution in [-0.4, -0.2) is 11.2 Å². The lowest BCUT2D eigenvalue weighted by Gasteiger charge is -2.15. The van der Waals surface area contributed by atoms with Gasteiger partial charge in [-0.2, -0.15) is 0 Å². The molecule has 194 valence electrons. The molecule has 1 unspecified atom stereocenters. The smallest absolute Gasteiger partial charge is 0.135 e. The van der Waals surface area contributed by atoms with Crippen molar-refractivity contribution in [1.29, 1.82) is 0 Å². The summed E-state index contributed by atoms with van der Waals surface area (Å²) in [5.74, 6) is 2.02. The second-order valence-electron chi connectivity index (χ2n) is 9.48. The van der Waals surface area contributed by atoms with Gasteiger partial charge in [-0.3, -0.25) is 9.98 Å². The molecule has 0 spiro atoms. The van der Waals surface area contributed by atoms with Crippen molar-refractivity contribution < 1.29 is 8.83 Å². The van der Waals surface area contributed by atoms with Crippen LogP contribution in [0.4, 0.5) is 0 Å². The normalized spacial score (nSPS) is 14.4. The molecule has 0 saturated carbocycles. The number of aromatic nitrogens is 1. The largest absolute Gasteiger partial charge is 0.457 e. The van der Waals surface area contributed by atoms with E-state index in [0.29, 0.717) is 5.92 Å². The van der Waals surface area contributed by atoms with Gasteiger partial charge in [-0.15, -0.1) is 0 Å². The van der Waals surface area contributed by atoms with Gasteiger partial charge in [0.25, 0.3) is 0 Å². The van der Waals surface area contributed by atoms with E-state index in [1.54, 1.807) is 24.8 Å². The Morgan fingerprint density at radius 1 is 1.11 bits per heavy atom. The molecule has 4 heteroatoms. The van der Waals surface area contributed by atoms with Gasteiger partial charge < -0.3 is 8.83 Å². The average molecular weight is 505 g/mol. The van der Waals surface area contributed by atoms with E-state index in [9.17, 15) is 0 Å². The lowest BCUT2D eigenvalue weighted by atomic mass is 9.89. The highest BCUT2D eigenvalue weighted by Crippen LogP contribution is 2.35. The quantitative estimate of drug-likeness (QED) is 0.215. The van der Waals surface area contributed by atoms with Gasteiger partial charge in [0.05, 0.1) is 0 Å². The maximum atomic E-state index is 6.26. The molecular formula is C34H36N2O2. The van der Waals surface area contributed by atoms with Crippen molar-refractivity contribution in [2.45, 2.75) is 53.4 Å². The fourth-order valence-corrected chi connectivity index (χ4v) is 4.38. The van der Waals surface area contributed by atoms with Gasteiger partial charge in [0.2, 0.25) is 0 Å². The highest BCUT2D eigenvalue weighted by molar-refractivity contribution is 5.94. The van der Waals surface area contributed by atoms with E-state index in [4.69, 9.17) is 8.83 Å². The van der Waals surface area contributed by atoms with Gasteiger partial charge in [0, 0.05) is 41.0 Å². The second kappa shape index (κ2) is 12.4. The van der Waals surface area contributed by atoms with E-state index in [1.165, 1.54) is 5.56 Å². The van der Waals surface area contributed by atoms with Crippen molar-refractivity contribution in [2.24, 2.45) is 4.99 Å². The van der Waals surface area contributed by atoms with Crippen LogP contribution in [-0.2, 0) is 0 Å². The molecule has 0 bridgehead atoms. The van der Waals surface area contributed by atoms with Gasteiger partial charge in [-0.25, -0.2) is 0 Å². The van der Waals surface area contributed by atoms with Crippen molar-refractivity contribution in [1.82, 2.24) is 4.98 Å². The summed E-state index contributed by atoms with van der Waals surface area (Å²) in [6, 6.07) is 12.5. The fourth-order valence-electron chi connectivity index (χ4n) is 4.38. The molecule has 0 aliphatic carbocycles. The summed E-state index contributed by atoms with van der Waals surface area (Å²) >= 11 is 0. The van der Waals surface area contributed by atoms with Crippen molar-refractivity contribution in [3.63, 3.8) is 0 Å². The number of nitrogens with zero attached hydrogens (tertiary/aromatic N) is 2. The molecule has 1 aromatic carbocycles. The van der Waals surface area contributed by atoms with Crippen LogP contribution in [0.2, 0.25) is 0 Å². The van der Waals surface area contributed by atoms with E-state index < -0.39 is 0 Å². The predicted molar refractivity (Wildman–Crippen MR) is 161 cm³/mol. The number of hydrogen-bond donors (Lipinski definition) is 0. The lowest BCUT2D eigenvalue weighted by Crippen LogP contribution is -2.19. The van der Waals surface area contributed by atoms with Crippen LogP contribution < -0.4 is 10.6 Å². The summed E-state index contributed by atoms with van der Waals surface area (Å²) in [7, 11) is 0. The van der Waals surface area contributed by atoms with Crippen molar-refractivity contribution >= 4 is 40.5 Å². The molecule has 0 aliphatic rings. The first-order chi connectivity index (χ1) is 18.4. The van der Waals surface area contributed by atoms with Gasteiger partial charge in [0.1, 0.15) is 22.5 Å². The third-order valence-corrected chi connectivity index (χ3v) is 6.69. The Balaban J connectivity index is 1.80. The number of aliphatic imine (C=N–C) groups is 1. The molecule has 4 aromatic rings. The molecule has 1 atom stereocenters. The van der Waals surface area contributed by atoms with E-state index in [1.807, 2.05) is 38.1 Å². The Hall–Kier alpha value is -4.18. The maximum Gasteiger partial charge on any atom is 0.135 e. The third-order valence-electron chi connectivity index (χ3n) is 6.69. The fraction of sp³-hybridized carbons (Fsp3) is 0.235. The number of hydrogen-bond acceptors (Lipinski definition) is 4. The first kappa shape index (κ1) is 26.9. The van der Waals surface area contributed by atoms with Crippen LogP contribution >= 0.6 is 0 Å². The molecule has 4 rings (SSSR count). The van der Waals surface area contributed by atoms with E-state index in [0.717, 1.165) is 68.2 Å². The minimum absolute atomic E-state index is 0.359. The Labute approximate surface area is 225 Å².